The molecule has 1 amide bonds. The standard InChI is InChI=1S/C18H23NO3/c1-16(2)17(3)9-10-18(16,11-14(17)20)15(21)19-12-7-5-6-8-13(12)22-4/h5-8H,9-11H2,1-4H3,(H,19,21)/t17-,18+/m1/s1. The SMILES string of the molecule is COc1ccccc1NC(=O)[C@]12CC[C@](C)(C(=O)C1)C2(C)C. The van der Waals surface area contributed by atoms with Crippen LogP contribution in [-0.2, 0) is 9.59 Å². The van der Waals surface area contributed by atoms with E-state index in [4.69, 9.17) is 4.74 Å². The quantitative estimate of drug-likeness (QED) is 0.930. The van der Waals surface area contributed by atoms with Gasteiger partial charge in [0.2, 0.25) is 5.91 Å². The molecule has 4 nitrogen and oxygen atoms in total. The molecule has 118 valence electrons. The zero-order chi connectivity index (χ0) is 16.2. The summed E-state index contributed by atoms with van der Waals surface area (Å²) < 4.78 is 5.30. The third kappa shape index (κ3) is 1.64. The second kappa shape index (κ2) is 4.58. The molecule has 3 rings (SSSR count). The van der Waals surface area contributed by atoms with Crippen LogP contribution in [0.2, 0.25) is 0 Å². The third-order valence-corrected chi connectivity index (χ3v) is 6.50. The van der Waals surface area contributed by atoms with E-state index in [1.54, 1.807) is 7.11 Å². The van der Waals surface area contributed by atoms with E-state index in [0.717, 1.165) is 12.8 Å². The van der Waals surface area contributed by atoms with Crippen LogP contribution in [0.4, 0.5) is 5.69 Å². The highest BCUT2D eigenvalue weighted by molar-refractivity contribution is 6.05. The van der Waals surface area contributed by atoms with Crippen molar-refractivity contribution in [1.29, 1.82) is 0 Å². The van der Waals surface area contributed by atoms with Gasteiger partial charge in [0, 0.05) is 11.8 Å². The molecular formula is C18H23NO3. The van der Waals surface area contributed by atoms with Crippen LogP contribution in [0.15, 0.2) is 24.3 Å². The summed E-state index contributed by atoms with van der Waals surface area (Å²) in [5, 5.41) is 3.00. The monoisotopic (exact) mass is 301 g/mol. The van der Waals surface area contributed by atoms with Gasteiger partial charge >= 0.3 is 0 Å². The summed E-state index contributed by atoms with van der Waals surface area (Å²) in [4.78, 5) is 25.5. The minimum atomic E-state index is -0.611. The molecule has 0 saturated heterocycles. The highest BCUT2D eigenvalue weighted by Crippen LogP contribution is 2.70. The summed E-state index contributed by atoms with van der Waals surface area (Å²) >= 11 is 0. The molecule has 2 saturated carbocycles. The number of anilines is 1. The number of nitrogens with one attached hydrogen (secondary N) is 1. The molecule has 1 N–H and O–H groups in total. The molecule has 0 aromatic heterocycles. The molecule has 1 aromatic rings. The first-order valence-electron chi connectivity index (χ1n) is 7.76. The van der Waals surface area contributed by atoms with E-state index in [2.05, 4.69) is 19.2 Å². The summed E-state index contributed by atoms with van der Waals surface area (Å²) in [6.07, 6.45) is 1.90. The van der Waals surface area contributed by atoms with Crippen molar-refractivity contribution in [3.05, 3.63) is 24.3 Å². The van der Waals surface area contributed by atoms with Crippen molar-refractivity contribution in [2.75, 3.05) is 12.4 Å². The molecule has 0 aliphatic heterocycles. The van der Waals surface area contributed by atoms with Crippen LogP contribution in [-0.4, -0.2) is 18.8 Å². The van der Waals surface area contributed by atoms with Crippen molar-refractivity contribution in [3.63, 3.8) is 0 Å². The van der Waals surface area contributed by atoms with Crippen LogP contribution in [0.5, 0.6) is 5.75 Å². The van der Waals surface area contributed by atoms with Crippen LogP contribution in [0.25, 0.3) is 0 Å². The van der Waals surface area contributed by atoms with Crippen LogP contribution in [0, 0.1) is 16.2 Å². The highest BCUT2D eigenvalue weighted by atomic mass is 16.5. The van der Waals surface area contributed by atoms with Gasteiger partial charge in [0.15, 0.2) is 0 Å². The maximum absolute atomic E-state index is 13.0. The number of amides is 1. The van der Waals surface area contributed by atoms with Gasteiger partial charge in [0.05, 0.1) is 18.2 Å². The van der Waals surface area contributed by atoms with Crippen LogP contribution in [0.3, 0.4) is 0 Å². The molecule has 2 aliphatic rings. The van der Waals surface area contributed by atoms with Gasteiger partial charge < -0.3 is 10.1 Å². The van der Waals surface area contributed by atoms with Crippen LogP contribution in [0.1, 0.15) is 40.0 Å². The molecule has 0 unspecified atom stereocenters. The van der Waals surface area contributed by atoms with E-state index in [-0.39, 0.29) is 22.5 Å². The number of para-hydroxylation sites is 2. The minimum absolute atomic E-state index is 0.0587. The Balaban J connectivity index is 1.95. The number of Topliss-reactive ketones (excluding diaryl/α,β-unsaturated/α-hetero) is 1. The predicted molar refractivity (Wildman–Crippen MR) is 84.8 cm³/mol. The predicted octanol–water partition coefficient (Wildman–Crippen LogP) is 3.42. The lowest BCUT2D eigenvalue weighted by atomic mass is 9.64. The fourth-order valence-electron chi connectivity index (χ4n) is 4.35. The second-order valence-corrected chi connectivity index (χ2v) is 7.29. The number of hydrogen-bond acceptors (Lipinski definition) is 3. The lowest BCUT2D eigenvalue weighted by Crippen LogP contribution is -2.43. The van der Waals surface area contributed by atoms with Gasteiger partial charge in [-0.1, -0.05) is 32.9 Å². The molecule has 2 aliphatic carbocycles. The van der Waals surface area contributed by atoms with Crippen molar-refractivity contribution in [3.8, 4) is 5.75 Å². The Hall–Kier alpha value is -1.84. The Bertz CT molecular complexity index is 651. The summed E-state index contributed by atoms with van der Waals surface area (Å²) in [7, 11) is 1.58. The maximum atomic E-state index is 13.0. The molecule has 22 heavy (non-hydrogen) atoms. The second-order valence-electron chi connectivity index (χ2n) is 7.29. The van der Waals surface area contributed by atoms with Gasteiger partial charge in [-0.2, -0.15) is 0 Å². The van der Waals surface area contributed by atoms with Crippen molar-refractivity contribution in [1.82, 2.24) is 0 Å². The van der Waals surface area contributed by atoms with Gasteiger partial charge in [-0.25, -0.2) is 0 Å². The molecule has 1 aromatic carbocycles. The smallest absolute Gasteiger partial charge is 0.231 e. The van der Waals surface area contributed by atoms with E-state index in [1.165, 1.54) is 0 Å². The number of benzene rings is 1. The van der Waals surface area contributed by atoms with E-state index in [1.807, 2.05) is 31.2 Å². The first kappa shape index (κ1) is 15.1. The summed E-state index contributed by atoms with van der Waals surface area (Å²) in [6, 6.07) is 7.37. The Morgan fingerprint density at radius 3 is 2.41 bits per heavy atom. The van der Waals surface area contributed by atoms with Crippen molar-refractivity contribution >= 4 is 17.4 Å². The van der Waals surface area contributed by atoms with Crippen molar-refractivity contribution < 1.29 is 14.3 Å². The fourth-order valence-corrected chi connectivity index (χ4v) is 4.35. The first-order chi connectivity index (χ1) is 10.3. The molecule has 2 bridgehead atoms. The summed E-state index contributed by atoms with van der Waals surface area (Å²) in [5.74, 6) is 0.797. The van der Waals surface area contributed by atoms with Gasteiger partial charge in [0.25, 0.3) is 0 Å². The van der Waals surface area contributed by atoms with E-state index >= 15 is 0 Å². The molecule has 4 heteroatoms. The number of rotatable bonds is 3. The third-order valence-electron chi connectivity index (χ3n) is 6.50. The van der Waals surface area contributed by atoms with E-state index in [0.29, 0.717) is 17.9 Å². The Morgan fingerprint density at radius 2 is 1.86 bits per heavy atom. The van der Waals surface area contributed by atoms with E-state index < -0.39 is 5.41 Å². The van der Waals surface area contributed by atoms with E-state index in [9.17, 15) is 9.59 Å². The molecule has 0 spiro atoms. The highest BCUT2D eigenvalue weighted by Gasteiger charge is 2.72. The Labute approximate surface area is 131 Å². The molecule has 0 heterocycles. The number of hydrogen-bond donors (Lipinski definition) is 1. The van der Waals surface area contributed by atoms with Gasteiger partial charge in [-0.05, 0) is 30.4 Å². The average Bonchev–Trinajstić information content (AvgIpc) is 2.78. The number of ketones is 1. The molecular weight excluding hydrogens is 278 g/mol. The summed E-state index contributed by atoms with van der Waals surface area (Å²) in [5.41, 5.74) is -0.665. The fraction of sp³-hybridized carbons (Fsp3) is 0.556. The molecule has 2 atom stereocenters. The number of carbonyl (C=O) groups is 2. The Morgan fingerprint density at radius 1 is 1.18 bits per heavy atom. The minimum Gasteiger partial charge on any atom is -0.495 e. The number of fused-ring (bicyclic) bond motifs is 2. The zero-order valence-electron chi connectivity index (χ0n) is 13.7. The lowest BCUT2D eigenvalue weighted by molar-refractivity contribution is -0.131. The van der Waals surface area contributed by atoms with Gasteiger partial charge in [-0.3, -0.25) is 9.59 Å². The van der Waals surface area contributed by atoms with Gasteiger partial charge in [0.1, 0.15) is 11.5 Å². The first-order valence-corrected chi connectivity index (χ1v) is 7.76. The van der Waals surface area contributed by atoms with Gasteiger partial charge in [-0.15, -0.1) is 0 Å². The topological polar surface area (TPSA) is 55.4 Å². The molecule has 2 fully saturated rings. The normalized spacial score (nSPS) is 32.1. The summed E-state index contributed by atoms with van der Waals surface area (Å²) in [6.45, 7) is 6.14. The zero-order valence-corrected chi connectivity index (χ0v) is 13.7. The number of methoxy groups -OCH3 is 1. The maximum Gasteiger partial charge on any atom is 0.231 e. The van der Waals surface area contributed by atoms with Crippen molar-refractivity contribution in [2.24, 2.45) is 16.2 Å². The Kier molecular flexibility index (Phi) is 3.13. The average molecular weight is 301 g/mol. The number of ether oxygens (including phenoxy) is 1. The van der Waals surface area contributed by atoms with Crippen LogP contribution < -0.4 is 10.1 Å². The largest absolute Gasteiger partial charge is 0.495 e. The molecule has 0 radical (unpaired) electrons. The van der Waals surface area contributed by atoms with Crippen LogP contribution >= 0.6 is 0 Å². The lowest BCUT2D eigenvalue weighted by Gasteiger charge is -2.38. The number of carbonyl (C=O) groups excluding carboxylic acids is 2. The van der Waals surface area contributed by atoms with Crippen molar-refractivity contribution in [2.45, 2.75) is 40.0 Å².